The molecule has 6 nitrogen and oxygen atoms in total. The first-order chi connectivity index (χ1) is 14.5. The molecule has 0 saturated heterocycles. The third-order valence-electron chi connectivity index (χ3n) is 5.78. The summed E-state index contributed by atoms with van der Waals surface area (Å²) >= 11 is 0. The second kappa shape index (κ2) is 8.22. The topological polar surface area (TPSA) is 73.5 Å². The van der Waals surface area contributed by atoms with Crippen LogP contribution in [0.5, 0.6) is 5.88 Å². The molecule has 0 saturated carbocycles. The molecule has 0 radical (unpaired) electrons. The van der Waals surface area contributed by atoms with Crippen LogP contribution in [0.2, 0.25) is 0 Å². The fourth-order valence-electron chi connectivity index (χ4n) is 4.38. The molecule has 1 aliphatic heterocycles. The third kappa shape index (κ3) is 3.43. The van der Waals surface area contributed by atoms with Gasteiger partial charge in [-0.2, -0.15) is 0 Å². The van der Waals surface area contributed by atoms with Gasteiger partial charge in [-0.05, 0) is 53.5 Å². The van der Waals surface area contributed by atoms with Gasteiger partial charge < -0.3 is 9.84 Å². The van der Waals surface area contributed by atoms with Crippen molar-refractivity contribution in [1.29, 1.82) is 0 Å². The predicted molar refractivity (Wildman–Crippen MR) is 116 cm³/mol. The SMILES string of the molecule is CCc1cc(-c2ccccc2)cc(CC)c1-c1c(OC(=O)O)n2n(c1=O)CCCC2. The van der Waals surface area contributed by atoms with E-state index in [2.05, 4.69) is 38.1 Å². The van der Waals surface area contributed by atoms with E-state index >= 15 is 0 Å². The van der Waals surface area contributed by atoms with E-state index in [1.54, 1.807) is 9.36 Å². The fraction of sp³-hybridized carbons (Fsp3) is 0.333. The molecule has 2 aromatic carbocycles. The quantitative estimate of drug-likeness (QED) is 0.608. The maximum atomic E-state index is 13.4. The Kier molecular flexibility index (Phi) is 5.48. The Bertz CT molecular complexity index is 1120. The minimum atomic E-state index is -1.40. The smallest absolute Gasteiger partial charge is 0.449 e. The highest BCUT2D eigenvalue weighted by atomic mass is 16.7. The first kappa shape index (κ1) is 20.0. The number of carboxylic acid groups (broad SMARTS) is 1. The Hall–Kier alpha value is -3.28. The number of nitrogens with zero attached hydrogens (tertiary/aromatic N) is 2. The molecule has 4 rings (SSSR count). The summed E-state index contributed by atoms with van der Waals surface area (Å²) in [4.78, 5) is 24.8. The molecule has 0 fully saturated rings. The molecule has 3 aromatic rings. The van der Waals surface area contributed by atoms with Gasteiger partial charge in [-0.25, -0.2) is 9.48 Å². The van der Waals surface area contributed by atoms with Gasteiger partial charge in [0.05, 0.1) is 0 Å². The summed E-state index contributed by atoms with van der Waals surface area (Å²) in [6.45, 7) is 5.25. The van der Waals surface area contributed by atoms with Crippen LogP contribution >= 0.6 is 0 Å². The number of ether oxygens (including phenoxy) is 1. The average Bonchev–Trinajstić information content (AvgIpc) is 3.04. The summed E-state index contributed by atoms with van der Waals surface area (Å²) < 4.78 is 8.51. The van der Waals surface area contributed by atoms with Crippen LogP contribution in [-0.2, 0) is 25.9 Å². The first-order valence-electron chi connectivity index (χ1n) is 10.5. The van der Waals surface area contributed by atoms with Gasteiger partial charge in [0.2, 0.25) is 5.88 Å². The highest BCUT2D eigenvalue weighted by Crippen LogP contribution is 2.38. The Balaban J connectivity index is 2.00. The normalized spacial score (nSPS) is 13.1. The number of carbonyl (C=O) groups is 1. The summed E-state index contributed by atoms with van der Waals surface area (Å²) in [6, 6.07) is 14.4. The third-order valence-corrected chi connectivity index (χ3v) is 5.78. The van der Waals surface area contributed by atoms with Crippen LogP contribution in [0.3, 0.4) is 0 Å². The standard InChI is InChI=1S/C24H26N2O4/c1-3-16-14-19(18-10-6-5-7-11-18)15-17(4-2)20(16)21-22(27)25-12-8-9-13-26(25)23(21)30-24(28)29/h5-7,10-11,14-15H,3-4,8-9,12-13H2,1-2H3,(H,28,29). The molecule has 1 N–H and O–H groups in total. The predicted octanol–water partition coefficient (Wildman–Crippen LogP) is 4.96. The van der Waals surface area contributed by atoms with Crippen LogP contribution in [-0.4, -0.2) is 20.6 Å². The molecular formula is C24H26N2O4. The summed E-state index contributed by atoms with van der Waals surface area (Å²) in [5.74, 6) is 0.143. The van der Waals surface area contributed by atoms with Crippen LogP contribution in [0.25, 0.3) is 22.3 Å². The van der Waals surface area contributed by atoms with Crippen LogP contribution in [0.15, 0.2) is 47.3 Å². The van der Waals surface area contributed by atoms with E-state index < -0.39 is 6.16 Å². The average molecular weight is 406 g/mol. The number of aryl methyl sites for hydroxylation is 2. The maximum absolute atomic E-state index is 13.4. The zero-order valence-electron chi connectivity index (χ0n) is 17.4. The summed E-state index contributed by atoms with van der Waals surface area (Å²) in [5.41, 5.74) is 5.25. The second-order valence-corrected chi connectivity index (χ2v) is 7.55. The Labute approximate surface area is 175 Å². The van der Waals surface area contributed by atoms with Crippen LogP contribution < -0.4 is 10.3 Å². The van der Waals surface area contributed by atoms with Gasteiger partial charge in [0.1, 0.15) is 5.56 Å². The molecule has 6 heteroatoms. The van der Waals surface area contributed by atoms with Crippen molar-refractivity contribution < 1.29 is 14.6 Å². The van der Waals surface area contributed by atoms with E-state index in [1.165, 1.54) is 0 Å². The molecule has 2 heterocycles. The Morgan fingerprint density at radius 2 is 1.53 bits per heavy atom. The van der Waals surface area contributed by atoms with Crippen LogP contribution in [0, 0.1) is 0 Å². The van der Waals surface area contributed by atoms with E-state index in [-0.39, 0.29) is 11.4 Å². The van der Waals surface area contributed by atoms with Gasteiger partial charge in [-0.1, -0.05) is 56.3 Å². The molecule has 0 spiro atoms. The van der Waals surface area contributed by atoms with E-state index in [9.17, 15) is 14.7 Å². The van der Waals surface area contributed by atoms with Crippen molar-refractivity contribution in [2.45, 2.75) is 52.6 Å². The molecule has 0 atom stereocenters. The van der Waals surface area contributed by atoms with Crippen molar-refractivity contribution in [3.63, 3.8) is 0 Å². The zero-order valence-corrected chi connectivity index (χ0v) is 17.4. The molecule has 156 valence electrons. The lowest BCUT2D eigenvalue weighted by Gasteiger charge is -2.18. The van der Waals surface area contributed by atoms with E-state index in [4.69, 9.17) is 4.74 Å². The maximum Gasteiger partial charge on any atom is 0.512 e. The lowest BCUT2D eigenvalue weighted by Crippen LogP contribution is -2.27. The van der Waals surface area contributed by atoms with Crippen molar-refractivity contribution in [1.82, 2.24) is 9.36 Å². The van der Waals surface area contributed by atoms with E-state index in [1.807, 2.05) is 18.2 Å². The number of fused-ring (bicyclic) bond motifs is 1. The Morgan fingerprint density at radius 3 is 2.10 bits per heavy atom. The van der Waals surface area contributed by atoms with Crippen molar-refractivity contribution in [2.75, 3.05) is 0 Å². The van der Waals surface area contributed by atoms with Crippen LogP contribution in [0.4, 0.5) is 4.79 Å². The second-order valence-electron chi connectivity index (χ2n) is 7.55. The number of hydrogen-bond acceptors (Lipinski definition) is 3. The molecule has 1 aromatic heterocycles. The van der Waals surface area contributed by atoms with Crippen LogP contribution in [0.1, 0.15) is 37.8 Å². The lowest BCUT2D eigenvalue weighted by atomic mass is 9.89. The largest absolute Gasteiger partial charge is 0.512 e. The van der Waals surface area contributed by atoms with Gasteiger partial charge >= 0.3 is 6.16 Å². The van der Waals surface area contributed by atoms with Crippen molar-refractivity contribution in [3.8, 4) is 28.1 Å². The highest BCUT2D eigenvalue weighted by Gasteiger charge is 2.29. The van der Waals surface area contributed by atoms with Crippen molar-refractivity contribution in [3.05, 3.63) is 63.9 Å². The fourth-order valence-corrected chi connectivity index (χ4v) is 4.38. The van der Waals surface area contributed by atoms with Gasteiger partial charge in [-0.3, -0.25) is 9.48 Å². The molecule has 30 heavy (non-hydrogen) atoms. The minimum absolute atomic E-state index is 0.143. The number of benzene rings is 2. The summed E-state index contributed by atoms with van der Waals surface area (Å²) in [7, 11) is 0. The van der Waals surface area contributed by atoms with Gasteiger partial charge in [0.15, 0.2) is 0 Å². The minimum Gasteiger partial charge on any atom is -0.449 e. The molecule has 0 aliphatic carbocycles. The van der Waals surface area contributed by atoms with Crippen molar-refractivity contribution in [2.24, 2.45) is 0 Å². The summed E-state index contributed by atoms with van der Waals surface area (Å²) in [5, 5.41) is 9.35. The number of rotatable bonds is 5. The summed E-state index contributed by atoms with van der Waals surface area (Å²) in [6.07, 6.45) is 1.82. The zero-order chi connectivity index (χ0) is 21.3. The monoisotopic (exact) mass is 406 g/mol. The highest BCUT2D eigenvalue weighted by molar-refractivity contribution is 5.81. The number of aromatic nitrogens is 2. The molecule has 1 aliphatic rings. The molecule has 0 unspecified atom stereocenters. The van der Waals surface area contributed by atoms with Gasteiger partial charge in [0.25, 0.3) is 5.56 Å². The van der Waals surface area contributed by atoms with E-state index in [0.29, 0.717) is 18.7 Å². The molecule has 0 bridgehead atoms. The van der Waals surface area contributed by atoms with Gasteiger partial charge in [-0.15, -0.1) is 0 Å². The lowest BCUT2D eigenvalue weighted by molar-refractivity contribution is 0.137. The number of hydrogen-bond donors (Lipinski definition) is 1. The molecular weight excluding hydrogens is 380 g/mol. The molecule has 0 amide bonds. The Morgan fingerprint density at radius 1 is 0.933 bits per heavy atom. The van der Waals surface area contributed by atoms with E-state index in [0.717, 1.165) is 53.5 Å². The van der Waals surface area contributed by atoms with Crippen molar-refractivity contribution >= 4 is 6.16 Å². The van der Waals surface area contributed by atoms with Gasteiger partial charge in [0, 0.05) is 13.1 Å². The first-order valence-corrected chi connectivity index (χ1v) is 10.5.